The summed E-state index contributed by atoms with van der Waals surface area (Å²) in [4.78, 5) is 37.9. The number of carbonyl (C=O) groups excluding carboxylic acids is 2. The van der Waals surface area contributed by atoms with Crippen molar-refractivity contribution in [2.75, 3.05) is 51.3 Å². The van der Waals surface area contributed by atoms with E-state index < -0.39 is 35.1 Å². The third kappa shape index (κ3) is 7.37. The lowest BCUT2D eigenvalue weighted by molar-refractivity contribution is -0.138. The number of anilines is 1. The fraction of sp³-hybridized carbons (Fsp3) is 0.400. The van der Waals surface area contributed by atoms with E-state index in [9.17, 15) is 35.9 Å². The zero-order valence-corrected chi connectivity index (χ0v) is 24.6. The Morgan fingerprint density at radius 2 is 1.61 bits per heavy atom. The number of hydrogen-bond donors (Lipinski definition) is 0. The van der Waals surface area contributed by atoms with Gasteiger partial charge in [0.2, 0.25) is 11.9 Å². The molecule has 0 saturated carbocycles. The van der Waals surface area contributed by atoms with Gasteiger partial charge in [-0.3, -0.25) is 9.59 Å². The summed E-state index contributed by atoms with van der Waals surface area (Å²) < 4.78 is 92.0. The Morgan fingerprint density at radius 1 is 0.935 bits per heavy atom. The van der Waals surface area contributed by atoms with Crippen LogP contribution in [0.2, 0.25) is 0 Å². The van der Waals surface area contributed by atoms with Gasteiger partial charge in [-0.05, 0) is 23.8 Å². The molecule has 0 unspecified atom stereocenters. The standard InChI is InChI=1S/C30H30F6N6O4/c1-45-23-4-2-20(3-5-23)19-41-12-13-42-22(16-24(30(34,35)36)26(42)27(41)44)6-14-46-15-7-25(43)39-8-10-40(11-9-39)28-37-17-21(18-38-28)29(31,32)33/h2-5,7,15-18H,6,8-14,19H2,1H3/b15-7+. The highest BCUT2D eigenvalue weighted by Crippen LogP contribution is 2.36. The Balaban J connectivity index is 1.13. The molecule has 0 bridgehead atoms. The van der Waals surface area contributed by atoms with Gasteiger partial charge in [0.05, 0.1) is 31.1 Å². The van der Waals surface area contributed by atoms with Crippen molar-refractivity contribution in [2.45, 2.75) is 31.9 Å². The van der Waals surface area contributed by atoms with Crippen LogP contribution in [0.15, 0.2) is 55.1 Å². The summed E-state index contributed by atoms with van der Waals surface area (Å²) in [6.45, 7) is 1.69. The molecule has 1 fully saturated rings. The second kappa shape index (κ2) is 13.3. The van der Waals surface area contributed by atoms with Gasteiger partial charge in [0.25, 0.3) is 5.91 Å². The van der Waals surface area contributed by atoms with Gasteiger partial charge in [-0.25, -0.2) is 9.97 Å². The fourth-order valence-corrected chi connectivity index (χ4v) is 5.29. The quantitative estimate of drug-likeness (QED) is 0.147. The second-order valence-electron chi connectivity index (χ2n) is 10.6. The van der Waals surface area contributed by atoms with E-state index >= 15 is 0 Å². The van der Waals surface area contributed by atoms with Gasteiger partial charge < -0.3 is 28.7 Å². The van der Waals surface area contributed by atoms with Crippen LogP contribution in [-0.4, -0.2) is 82.6 Å². The van der Waals surface area contributed by atoms with Crippen molar-refractivity contribution in [3.8, 4) is 5.75 Å². The molecule has 0 spiro atoms. The summed E-state index contributed by atoms with van der Waals surface area (Å²) in [6, 6.07) is 7.92. The van der Waals surface area contributed by atoms with Crippen LogP contribution in [0, 0.1) is 0 Å². The first-order valence-corrected chi connectivity index (χ1v) is 14.3. The smallest absolute Gasteiger partial charge is 0.419 e. The predicted octanol–water partition coefficient (Wildman–Crippen LogP) is 4.40. The zero-order valence-electron chi connectivity index (χ0n) is 24.6. The third-order valence-electron chi connectivity index (χ3n) is 7.73. The van der Waals surface area contributed by atoms with E-state index in [0.717, 1.165) is 11.6 Å². The zero-order chi connectivity index (χ0) is 33.1. The minimum atomic E-state index is -4.73. The summed E-state index contributed by atoms with van der Waals surface area (Å²) in [6.07, 6.45) is -5.41. The third-order valence-corrected chi connectivity index (χ3v) is 7.73. The molecule has 10 nitrogen and oxygen atoms in total. The number of hydrogen-bond acceptors (Lipinski definition) is 7. The Hall–Kier alpha value is -4.76. The molecule has 246 valence electrons. The van der Waals surface area contributed by atoms with E-state index in [1.165, 1.54) is 33.8 Å². The van der Waals surface area contributed by atoms with E-state index in [0.29, 0.717) is 36.9 Å². The molecule has 16 heteroatoms. The van der Waals surface area contributed by atoms with Crippen molar-refractivity contribution in [1.82, 2.24) is 24.3 Å². The number of amides is 2. The molecular weight excluding hydrogens is 622 g/mol. The number of ether oxygens (including phenoxy) is 2. The van der Waals surface area contributed by atoms with Crippen molar-refractivity contribution in [3.05, 3.63) is 83.1 Å². The summed E-state index contributed by atoms with van der Waals surface area (Å²) in [5, 5.41) is 0. The maximum Gasteiger partial charge on any atom is 0.419 e. The van der Waals surface area contributed by atoms with Gasteiger partial charge >= 0.3 is 12.4 Å². The van der Waals surface area contributed by atoms with Crippen LogP contribution in [0.4, 0.5) is 32.3 Å². The first-order chi connectivity index (χ1) is 21.8. The summed E-state index contributed by atoms with van der Waals surface area (Å²) in [7, 11) is 1.52. The Labute approximate surface area is 259 Å². The molecule has 4 heterocycles. The number of methoxy groups -OCH3 is 1. The summed E-state index contributed by atoms with van der Waals surface area (Å²) >= 11 is 0. The number of benzene rings is 1. The average molecular weight is 653 g/mol. The van der Waals surface area contributed by atoms with Gasteiger partial charge in [-0.15, -0.1) is 0 Å². The molecule has 46 heavy (non-hydrogen) atoms. The number of nitrogens with zero attached hydrogens (tertiary/aromatic N) is 6. The minimum absolute atomic E-state index is 0.0344. The summed E-state index contributed by atoms with van der Waals surface area (Å²) in [5.74, 6) is -0.319. The fourth-order valence-electron chi connectivity index (χ4n) is 5.29. The molecule has 1 aromatic carbocycles. The highest BCUT2D eigenvalue weighted by Gasteiger charge is 2.41. The molecule has 2 amide bonds. The molecule has 2 aromatic heterocycles. The average Bonchev–Trinajstić information content (AvgIpc) is 3.42. The van der Waals surface area contributed by atoms with Crippen molar-refractivity contribution < 1.29 is 45.4 Å². The number of carbonyl (C=O) groups is 2. The van der Waals surface area contributed by atoms with Crippen LogP contribution in [0.1, 0.15) is 32.9 Å². The molecule has 0 aliphatic carbocycles. The van der Waals surface area contributed by atoms with Crippen molar-refractivity contribution in [2.24, 2.45) is 0 Å². The Kier molecular flexibility index (Phi) is 9.44. The predicted molar refractivity (Wildman–Crippen MR) is 152 cm³/mol. The normalized spacial score (nSPS) is 15.8. The topological polar surface area (TPSA) is 93.0 Å². The maximum atomic E-state index is 14.0. The van der Waals surface area contributed by atoms with Crippen LogP contribution in [-0.2, 0) is 41.4 Å². The molecule has 2 aliphatic rings. The number of piperazine rings is 1. The first kappa shape index (κ1) is 32.6. The van der Waals surface area contributed by atoms with Crippen LogP contribution in [0.3, 0.4) is 0 Å². The maximum absolute atomic E-state index is 14.0. The van der Waals surface area contributed by atoms with Crippen LogP contribution in [0.25, 0.3) is 0 Å². The monoisotopic (exact) mass is 652 g/mol. The van der Waals surface area contributed by atoms with Gasteiger partial charge in [0.15, 0.2) is 0 Å². The number of fused-ring (bicyclic) bond motifs is 1. The first-order valence-electron chi connectivity index (χ1n) is 14.3. The second-order valence-corrected chi connectivity index (χ2v) is 10.6. The van der Waals surface area contributed by atoms with E-state index in [1.54, 1.807) is 29.2 Å². The lowest BCUT2D eigenvalue weighted by atomic mass is 10.1. The number of rotatable bonds is 9. The number of aromatic nitrogens is 3. The lowest BCUT2D eigenvalue weighted by Gasteiger charge is -2.34. The number of alkyl halides is 6. The van der Waals surface area contributed by atoms with Gasteiger partial charge in [0.1, 0.15) is 11.4 Å². The molecular formula is C30H30F6N6O4. The van der Waals surface area contributed by atoms with Crippen molar-refractivity contribution in [1.29, 1.82) is 0 Å². The Morgan fingerprint density at radius 3 is 2.22 bits per heavy atom. The molecule has 3 aromatic rings. The molecule has 0 N–H and O–H groups in total. The van der Waals surface area contributed by atoms with Crippen LogP contribution >= 0.6 is 0 Å². The summed E-state index contributed by atoms with van der Waals surface area (Å²) in [5.41, 5.74) is -1.31. The van der Waals surface area contributed by atoms with Crippen molar-refractivity contribution >= 4 is 17.8 Å². The van der Waals surface area contributed by atoms with Crippen LogP contribution in [0.5, 0.6) is 5.75 Å². The largest absolute Gasteiger partial charge is 0.501 e. The van der Waals surface area contributed by atoms with Crippen LogP contribution < -0.4 is 9.64 Å². The van der Waals surface area contributed by atoms with E-state index in [1.807, 2.05) is 0 Å². The van der Waals surface area contributed by atoms with Gasteiger partial charge in [0, 0.05) is 76.4 Å². The van der Waals surface area contributed by atoms with Crippen molar-refractivity contribution in [3.63, 3.8) is 0 Å². The van der Waals surface area contributed by atoms with E-state index in [4.69, 9.17) is 9.47 Å². The lowest BCUT2D eigenvalue weighted by Crippen LogP contribution is -2.48. The van der Waals surface area contributed by atoms with Gasteiger partial charge in [-0.1, -0.05) is 12.1 Å². The number of halogens is 6. The highest BCUT2D eigenvalue weighted by atomic mass is 19.4. The Bertz CT molecular complexity index is 1560. The molecule has 2 aliphatic heterocycles. The molecule has 1 saturated heterocycles. The molecule has 0 radical (unpaired) electrons. The highest BCUT2D eigenvalue weighted by molar-refractivity contribution is 5.95. The van der Waals surface area contributed by atoms with Gasteiger partial charge in [-0.2, -0.15) is 26.3 Å². The van der Waals surface area contributed by atoms with E-state index in [-0.39, 0.29) is 57.6 Å². The minimum Gasteiger partial charge on any atom is -0.501 e. The van der Waals surface area contributed by atoms with E-state index in [2.05, 4.69) is 9.97 Å². The molecule has 0 atom stereocenters. The SMILES string of the molecule is COc1ccc(CN2CCn3c(CCO/C=C/C(=O)N4CCN(c5ncc(C(F)(F)F)cn5)CC4)cc(C(F)(F)F)c3C2=O)cc1. The molecule has 5 rings (SSSR count).